The van der Waals surface area contributed by atoms with Crippen molar-refractivity contribution in [2.75, 3.05) is 25.4 Å². The predicted molar refractivity (Wildman–Crippen MR) is 141 cm³/mol. The highest BCUT2D eigenvalue weighted by Gasteiger charge is 2.50. The summed E-state index contributed by atoms with van der Waals surface area (Å²) in [6.07, 6.45) is 3.85. The van der Waals surface area contributed by atoms with E-state index in [2.05, 4.69) is 64.7 Å². The second-order valence-electron chi connectivity index (χ2n) is 10.4. The van der Waals surface area contributed by atoms with Crippen molar-refractivity contribution < 1.29 is 14.9 Å². The Labute approximate surface area is 215 Å². The van der Waals surface area contributed by atoms with Crippen molar-refractivity contribution in [2.24, 2.45) is 0 Å². The van der Waals surface area contributed by atoms with Gasteiger partial charge in [-0.1, -0.05) is 0 Å². The number of H-pyrrole nitrogens is 1. The smallest absolute Gasteiger partial charge is 0.197 e. The van der Waals surface area contributed by atoms with Gasteiger partial charge < -0.3 is 25.7 Å². The molecule has 3 aromatic heterocycles. The number of nitrogen functional groups attached to an aromatic ring is 1. The van der Waals surface area contributed by atoms with Crippen LogP contribution in [0.5, 0.6) is 0 Å². The number of imidazole rings is 2. The molecule has 1 saturated heterocycles. The molecule has 0 amide bonds. The fraction of sp³-hybridized carbons (Fsp3) is 0.538. The number of unbranched alkanes of at least 4 members (excludes halogenated alkanes) is 1. The van der Waals surface area contributed by atoms with Gasteiger partial charge in [-0.3, -0.25) is 9.47 Å². The van der Waals surface area contributed by atoms with E-state index in [9.17, 15) is 10.2 Å². The Kier molecular flexibility index (Phi) is 6.88. The van der Waals surface area contributed by atoms with Gasteiger partial charge in [0, 0.05) is 19.0 Å². The lowest BCUT2D eigenvalue weighted by atomic mass is 10.0. The minimum atomic E-state index is -1.69. The Bertz CT molecular complexity index is 1360. The molecule has 3 atom stereocenters. The van der Waals surface area contributed by atoms with Gasteiger partial charge in [0.05, 0.1) is 24.0 Å². The molecule has 37 heavy (non-hydrogen) atoms. The van der Waals surface area contributed by atoms with Crippen LogP contribution in [0.4, 0.5) is 5.82 Å². The molecule has 0 bridgehead atoms. The summed E-state index contributed by atoms with van der Waals surface area (Å²) in [5.41, 5.74) is 9.54. The Morgan fingerprint density at radius 2 is 2.00 bits per heavy atom. The standard InChI is InChI=1S/C26H36N8O3/c1-15(2)33(8-6-5-7-21-31-18-9-16(3)17(4)10-19(18)32-21)11-20-23(35)26(36,12-37-20)34-14-30-22-24(27)28-13-29-25(22)34/h9-10,13-15,20,23,35-36H,5-8,11-12H2,1-4H3,(H,31,32)(H2,27,28,29)/t20-,23-,26-/m1/s1. The van der Waals surface area contributed by atoms with E-state index in [0.29, 0.717) is 17.7 Å². The van der Waals surface area contributed by atoms with Gasteiger partial charge in [-0.05, 0) is 70.3 Å². The number of aliphatic hydroxyl groups is 2. The molecule has 1 aliphatic heterocycles. The highest BCUT2D eigenvalue weighted by Crippen LogP contribution is 2.33. The Hall–Kier alpha value is -3.12. The maximum atomic E-state index is 11.4. The molecular weight excluding hydrogens is 472 g/mol. The lowest BCUT2D eigenvalue weighted by molar-refractivity contribution is -0.109. The van der Waals surface area contributed by atoms with E-state index in [1.54, 1.807) is 0 Å². The summed E-state index contributed by atoms with van der Waals surface area (Å²) in [6, 6.07) is 4.54. The number of hydrogen-bond donors (Lipinski definition) is 4. The first kappa shape index (κ1) is 25.5. The van der Waals surface area contributed by atoms with E-state index < -0.39 is 17.9 Å². The zero-order valence-corrected chi connectivity index (χ0v) is 21.8. The highest BCUT2D eigenvalue weighted by molar-refractivity contribution is 5.81. The average molecular weight is 509 g/mol. The van der Waals surface area contributed by atoms with E-state index in [4.69, 9.17) is 15.5 Å². The SMILES string of the molecule is Cc1cc2nc(CCCCN(C[C@H]3OC[C@](O)(n4cnc5c(N)ncnc54)[C@@H]3O)C(C)C)[nH]c2cc1C. The first-order valence-corrected chi connectivity index (χ1v) is 12.8. The van der Waals surface area contributed by atoms with Crippen LogP contribution < -0.4 is 5.73 Å². The topological polar surface area (TPSA) is 151 Å². The third-order valence-corrected chi connectivity index (χ3v) is 7.51. The summed E-state index contributed by atoms with van der Waals surface area (Å²) in [5, 5.41) is 22.5. The maximum Gasteiger partial charge on any atom is 0.197 e. The number of aromatic amines is 1. The van der Waals surface area contributed by atoms with Gasteiger partial charge in [0.1, 0.15) is 29.9 Å². The largest absolute Gasteiger partial charge is 0.385 e. The third-order valence-electron chi connectivity index (χ3n) is 7.51. The van der Waals surface area contributed by atoms with E-state index in [0.717, 1.165) is 42.7 Å². The van der Waals surface area contributed by atoms with Gasteiger partial charge in [-0.25, -0.2) is 19.9 Å². The number of aliphatic hydroxyl groups excluding tert-OH is 1. The fourth-order valence-corrected chi connectivity index (χ4v) is 5.04. The summed E-state index contributed by atoms with van der Waals surface area (Å²) in [5.74, 6) is 1.23. The number of nitrogens with zero attached hydrogens (tertiary/aromatic N) is 6. The molecule has 1 fully saturated rings. The van der Waals surface area contributed by atoms with Crippen LogP contribution in [0.3, 0.4) is 0 Å². The molecule has 4 heterocycles. The summed E-state index contributed by atoms with van der Waals surface area (Å²) >= 11 is 0. The number of hydrogen-bond acceptors (Lipinski definition) is 9. The van der Waals surface area contributed by atoms with E-state index >= 15 is 0 Å². The molecular formula is C26H36N8O3. The van der Waals surface area contributed by atoms with Gasteiger partial charge in [0.2, 0.25) is 0 Å². The summed E-state index contributed by atoms with van der Waals surface area (Å²) in [7, 11) is 0. The van der Waals surface area contributed by atoms with Crippen molar-refractivity contribution in [3.63, 3.8) is 0 Å². The van der Waals surface area contributed by atoms with Crippen LogP contribution in [-0.4, -0.2) is 82.5 Å². The summed E-state index contributed by atoms with van der Waals surface area (Å²) in [6.45, 7) is 9.74. The van der Waals surface area contributed by atoms with Crippen molar-refractivity contribution in [3.05, 3.63) is 41.7 Å². The number of rotatable bonds is 9. The summed E-state index contributed by atoms with van der Waals surface area (Å²) in [4.78, 5) is 22.8. The second-order valence-corrected chi connectivity index (χ2v) is 10.4. The van der Waals surface area contributed by atoms with Gasteiger partial charge in [0.15, 0.2) is 17.2 Å². The van der Waals surface area contributed by atoms with E-state index in [-0.39, 0.29) is 18.5 Å². The lowest BCUT2D eigenvalue weighted by Crippen LogP contribution is -2.49. The van der Waals surface area contributed by atoms with Crippen LogP contribution in [0.15, 0.2) is 24.8 Å². The number of aryl methyl sites for hydroxylation is 3. The van der Waals surface area contributed by atoms with Crippen molar-refractivity contribution >= 4 is 28.0 Å². The molecule has 4 aromatic rings. The molecule has 0 saturated carbocycles. The number of fused-ring (bicyclic) bond motifs is 2. The minimum absolute atomic E-state index is 0.0782. The molecule has 11 nitrogen and oxygen atoms in total. The van der Waals surface area contributed by atoms with Crippen molar-refractivity contribution in [3.8, 4) is 0 Å². The highest BCUT2D eigenvalue weighted by atomic mass is 16.5. The first-order valence-electron chi connectivity index (χ1n) is 12.8. The Morgan fingerprint density at radius 1 is 1.22 bits per heavy atom. The number of anilines is 1. The lowest BCUT2D eigenvalue weighted by Gasteiger charge is -2.32. The molecule has 1 aliphatic rings. The third kappa shape index (κ3) is 4.79. The van der Waals surface area contributed by atoms with Gasteiger partial charge >= 0.3 is 0 Å². The normalized spacial score (nSPS) is 22.3. The van der Waals surface area contributed by atoms with Gasteiger partial charge in [0.25, 0.3) is 0 Å². The van der Waals surface area contributed by atoms with Crippen LogP contribution in [0.2, 0.25) is 0 Å². The number of aromatic nitrogens is 6. The molecule has 0 unspecified atom stereocenters. The van der Waals surface area contributed by atoms with E-state index in [1.807, 2.05) is 0 Å². The van der Waals surface area contributed by atoms with Crippen molar-refractivity contribution in [1.82, 2.24) is 34.4 Å². The monoisotopic (exact) mass is 508 g/mol. The predicted octanol–water partition coefficient (Wildman–Crippen LogP) is 2.04. The minimum Gasteiger partial charge on any atom is -0.385 e. The van der Waals surface area contributed by atoms with Crippen molar-refractivity contribution in [1.29, 1.82) is 0 Å². The number of nitrogens with two attached hydrogens (primary N) is 1. The molecule has 198 valence electrons. The Morgan fingerprint density at radius 3 is 2.78 bits per heavy atom. The quantitative estimate of drug-likeness (QED) is 0.249. The molecule has 5 N–H and O–H groups in total. The average Bonchev–Trinajstić information content (AvgIpc) is 3.54. The van der Waals surface area contributed by atoms with Gasteiger partial charge in [-0.2, -0.15) is 0 Å². The zero-order valence-electron chi connectivity index (χ0n) is 21.8. The van der Waals surface area contributed by atoms with E-state index in [1.165, 1.54) is 28.3 Å². The Balaban J connectivity index is 1.19. The van der Waals surface area contributed by atoms with Gasteiger partial charge in [-0.15, -0.1) is 0 Å². The van der Waals surface area contributed by atoms with Crippen molar-refractivity contribution in [2.45, 2.75) is 70.9 Å². The van der Waals surface area contributed by atoms with Crippen LogP contribution in [0.1, 0.15) is 43.6 Å². The molecule has 0 radical (unpaired) electrons. The van der Waals surface area contributed by atoms with Crippen LogP contribution in [-0.2, 0) is 16.9 Å². The number of nitrogens with one attached hydrogen (secondary N) is 1. The summed E-state index contributed by atoms with van der Waals surface area (Å²) < 4.78 is 7.34. The molecule has 11 heteroatoms. The molecule has 0 spiro atoms. The van der Waals surface area contributed by atoms with Crippen LogP contribution in [0.25, 0.3) is 22.2 Å². The maximum absolute atomic E-state index is 11.4. The van der Waals surface area contributed by atoms with Crippen LogP contribution in [0, 0.1) is 13.8 Å². The zero-order chi connectivity index (χ0) is 26.3. The van der Waals surface area contributed by atoms with Crippen LogP contribution >= 0.6 is 0 Å². The number of ether oxygens (including phenoxy) is 1. The first-order chi connectivity index (χ1) is 17.7. The molecule has 5 rings (SSSR count). The number of benzene rings is 1. The fourth-order valence-electron chi connectivity index (χ4n) is 5.04. The molecule has 1 aromatic carbocycles. The second kappa shape index (κ2) is 9.97. The molecule has 0 aliphatic carbocycles.